The molecule has 0 radical (unpaired) electrons. The lowest BCUT2D eigenvalue weighted by molar-refractivity contribution is 0.418. The fourth-order valence-corrected chi connectivity index (χ4v) is 1.68. The summed E-state index contributed by atoms with van der Waals surface area (Å²) in [4.78, 5) is 4.04. The first kappa shape index (κ1) is 14.5. The molecule has 20 heavy (non-hydrogen) atoms. The number of hydrogen-bond donors (Lipinski definition) is 2. The third-order valence-corrected chi connectivity index (χ3v) is 2.82. The van der Waals surface area contributed by atoms with Gasteiger partial charge < -0.3 is 15.1 Å². The highest BCUT2D eigenvalue weighted by Crippen LogP contribution is 2.17. The predicted molar refractivity (Wildman–Crippen MR) is 76.8 cm³/mol. The first-order valence-electron chi connectivity index (χ1n) is 6.59. The van der Waals surface area contributed by atoms with E-state index < -0.39 is 0 Å². The molecule has 0 saturated carbocycles. The first-order chi connectivity index (χ1) is 9.46. The number of pyridine rings is 1. The predicted octanol–water partition coefficient (Wildman–Crippen LogP) is 3.31. The van der Waals surface area contributed by atoms with Crippen LogP contribution in [0.2, 0.25) is 0 Å². The van der Waals surface area contributed by atoms with Crippen LogP contribution in [0.15, 0.2) is 35.3 Å². The largest absolute Gasteiger partial charge is 0.472 e. The molecule has 108 valence electrons. The molecule has 2 rings (SSSR count). The molecule has 2 N–H and O–H groups in total. The lowest BCUT2D eigenvalue weighted by atomic mass is 10.1. The Bertz CT molecular complexity index is 547. The first-order valence-corrected chi connectivity index (χ1v) is 6.59. The van der Waals surface area contributed by atoms with Crippen LogP contribution in [-0.2, 0) is 13.1 Å². The topological polar surface area (TPSA) is 50.1 Å². The Balaban J connectivity index is 2.03. The molecule has 0 atom stereocenters. The van der Waals surface area contributed by atoms with Crippen LogP contribution >= 0.6 is 0 Å². The number of anilines is 1. The molecule has 2 heterocycles. The van der Waals surface area contributed by atoms with Gasteiger partial charge in [-0.15, -0.1) is 0 Å². The Labute approximate surface area is 118 Å². The summed E-state index contributed by atoms with van der Waals surface area (Å²) in [5, 5.41) is 6.24. The van der Waals surface area contributed by atoms with Crippen molar-refractivity contribution in [3.8, 4) is 0 Å². The summed E-state index contributed by atoms with van der Waals surface area (Å²) in [6.45, 7) is 7.09. The molecule has 2 aromatic heterocycles. The molecule has 0 fully saturated rings. The second-order valence-electron chi connectivity index (χ2n) is 5.72. The lowest BCUT2D eigenvalue weighted by Gasteiger charge is -2.21. The molecular formula is C15H20FN3O. The van der Waals surface area contributed by atoms with E-state index in [0.29, 0.717) is 18.7 Å². The Morgan fingerprint density at radius 1 is 1.25 bits per heavy atom. The van der Waals surface area contributed by atoms with Crippen molar-refractivity contribution in [3.05, 3.63) is 47.8 Å². The van der Waals surface area contributed by atoms with Gasteiger partial charge in [0.1, 0.15) is 0 Å². The highest BCUT2D eigenvalue weighted by Gasteiger charge is 2.13. The van der Waals surface area contributed by atoms with Crippen molar-refractivity contribution in [2.75, 3.05) is 5.32 Å². The fourth-order valence-electron chi connectivity index (χ4n) is 1.68. The summed E-state index contributed by atoms with van der Waals surface area (Å²) in [6, 6.07) is 3.52. The molecule has 0 unspecified atom stereocenters. The number of furan rings is 1. The summed E-state index contributed by atoms with van der Waals surface area (Å²) in [6.07, 6.45) is 4.82. The summed E-state index contributed by atoms with van der Waals surface area (Å²) in [5.41, 5.74) is 1.49. The van der Waals surface area contributed by atoms with Crippen molar-refractivity contribution in [3.63, 3.8) is 0 Å². The van der Waals surface area contributed by atoms with Gasteiger partial charge in [0.15, 0.2) is 11.6 Å². The summed E-state index contributed by atoms with van der Waals surface area (Å²) in [7, 11) is 0. The highest BCUT2D eigenvalue weighted by atomic mass is 19.1. The van der Waals surface area contributed by atoms with E-state index in [0.717, 1.165) is 5.56 Å². The SMILES string of the molecule is CC(C)(C)NCc1ccnc(NCc2ccoc2)c1F. The number of nitrogens with zero attached hydrogens (tertiary/aromatic N) is 1. The van der Waals surface area contributed by atoms with Gasteiger partial charge >= 0.3 is 0 Å². The Morgan fingerprint density at radius 3 is 2.70 bits per heavy atom. The summed E-state index contributed by atoms with van der Waals surface area (Å²) in [5.74, 6) is -0.0489. The van der Waals surface area contributed by atoms with Crippen molar-refractivity contribution >= 4 is 5.82 Å². The van der Waals surface area contributed by atoms with Crippen LogP contribution in [0.1, 0.15) is 31.9 Å². The number of rotatable bonds is 5. The van der Waals surface area contributed by atoms with E-state index in [1.54, 1.807) is 24.8 Å². The monoisotopic (exact) mass is 277 g/mol. The zero-order valence-electron chi connectivity index (χ0n) is 12.0. The quantitative estimate of drug-likeness (QED) is 0.880. The van der Waals surface area contributed by atoms with Gasteiger partial charge in [0.05, 0.1) is 12.5 Å². The lowest BCUT2D eigenvalue weighted by Crippen LogP contribution is -2.35. The van der Waals surface area contributed by atoms with Crippen LogP contribution in [0.5, 0.6) is 0 Å². The third-order valence-electron chi connectivity index (χ3n) is 2.82. The van der Waals surface area contributed by atoms with Gasteiger partial charge in [-0.2, -0.15) is 0 Å². The molecule has 0 saturated heterocycles. The van der Waals surface area contributed by atoms with Crippen LogP contribution < -0.4 is 10.6 Å². The molecule has 0 aromatic carbocycles. The number of nitrogens with one attached hydrogen (secondary N) is 2. The van der Waals surface area contributed by atoms with Gasteiger partial charge in [0, 0.05) is 36.0 Å². The molecule has 0 bridgehead atoms. The van der Waals surface area contributed by atoms with Crippen molar-refractivity contribution < 1.29 is 8.81 Å². The van der Waals surface area contributed by atoms with E-state index >= 15 is 0 Å². The Kier molecular flexibility index (Phi) is 4.39. The molecule has 0 aliphatic heterocycles. The van der Waals surface area contributed by atoms with Crippen LogP contribution in [-0.4, -0.2) is 10.5 Å². The van der Waals surface area contributed by atoms with Crippen molar-refractivity contribution in [2.45, 2.75) is 39.4 Å². The molecular weight excluding hydrogens is 257 g/mol. The summed E-state index contributed by atoms with van der Waals surface area (Å²) >= 11 is 0. The average Bonchev–Trinajstić information content (AvgIpc) is 2.88. The minimum atomic E-state index is -0.312. The van der Waals surface area contributed by atoms with Gasteiger partial charge in [0.2, 0.25) is 0 Å². The van der Waals surface area contributed by atoms with E-state index in [2.05, 4.69) is 15.6 Å². The normalized spacial score (nSPS) is 11.6. The number of hydrogen-bond acceptors (Lipinski definition) is 4. The second-order valence-corrected chi connectivity index (χ2v) is 5.72. The maximum Gasteiger partial charge on any atom is 0.169 e. The van der Waals surface area contributed by atoms with Gasteiger partial charge in [0.25, 0.3) is 0 Å². The number of aromatic nitrogens is 1. The molecule has 0 spiro atoms. The smallest absolute Gasteiger partial charge is 0.169 e. The fraction of sp³-hybridized carbons (Fsp3) is 0.400. The maximum absolute atomic E-state index is 14.3. The molecule has 4 nitrogen and oxygen atoms in total. The summed E-state index contributed by atoms with van der Waals surface area (Å²) < 4.78 is 19.3. The zero-order valence-corrected chi connectivity index (χ0v) is 12.0. The zero-order chi connectivity index (χ0) is 14.6. The third kappa shape index (κ3) is 4.06. The van der Waals surface area contributed by atoms with Crippen LogP contribution in [0.3, 0.4) is 0 Å². The average molecular weight is 277 g/mol. The maximum atomic E-state index is 14.3. The van der Waals surface area contributed by atoms with Gasteiger partial charge in [-0.1, -0.05) is 0 Å². The minimum absolute atomic E-state index is 0.0555. The van der Waals surface area contributed by atoms with E-state index in [9.17, 15) is 4.39 Å². The van der Waals surface area contributed by atoms with Crippen molar-refractivity contribution in [2.24, 2.45) is 0 Å². The Hall–Kier alpha value is -1.88. The molecule has 2 aromatic rings. The minimum Gasteiger partial charge on any atom is -0.472 e. The van der Waals surface area contributed by atoms with E-state index in [1.165, 1.54) is 0 Å². The second kappa shape index (κ2) is 6.05. The van der Waals surface area contributed by atoms with E-state index in [4.69, 9.17) is 4.42 Å². The van der Waals surface area contributed by atoms with Gasteiger partial charge in [-0.05, 0) is 32.9 Å². The Morgan fingerprint density at radius 2 is 2.05 bits per heavy atom. The molecule has 0 aliphatic rings. The number of halogens is 1. The van der Waals surface area contributed by atoms with E-state index in [1.807, 2.05) is 26.8 Å². The standard InChI is InChI=1S/C15H20FN3O/c1-15(2,3)19-9-12-4-6-17-14(13(12)16)18-8-11-5-7-20-10-11/h4-7,10,19H,8-9H2,1-3H3,(H,17,18). The van der Waals surface area contributed by atoms with E-state index in [-0.39, 0.29) is 17.2 Å². The van der Waals surface area contributed by atoms with Crippen LogP contribution in [0.4, 0.5) is 10.2 Å². The molecule has 0 amide bonds. The van der Waals surface area contributed by atoms with Gasteiger partial charge in [-0.3, -0.25) is 0 Å². The molecule has 5 heteroatoms. The van der Waals surface area contributed by atoms with Gasteiger partial charge in [-0.25, -0.2) is 9.37 Å². The van der Waals surface area contributed by atoms with Crippen LogP contribution in [0.25, 0.3) is 0 Å². The van der Waals surface area contributed by atoms with Crippen LogP contribution in [0, 0.1) is 5.82 Å². The van der Waals surface area contributed by atoms with Crippen molar-refractivity contribution in [1.29, 1.82) is 0 Å². The van der Waals surface area contributed by atoms with Crippen molar-refractivity contribution in [1.82, 2.24) is 10.3 Å². The molecule has 0 aliphatic carbocycles. The highest BCUT2D eigenvalue weighted by molar-refractivity contribution is 5.40.